The summed E-state index contributed by atoms with van der Waals surface area (Å²) in [6.45, 7) is 3.40. The van der Waals surface area contributed by atoms with E-state index in [0.29, 0.717) is 24.4 Å². The number of furan rings is 1. The van der Waals surface area contributed by atoms with E-state index in [1.54, 1.807) is 6.26 Å². The quantitative estimate of drug-likeness (QED) is 0.832. The molecule has 2 aromatic rings. The van der Waals surface area contributed by atoms with E-state index < -0.39 is 5.60 Å². The van der Waals surface area contributed by atoms with Crippen LogP contribution in [-0.4, -0.2) is 28.3 Å². The first-order valence-electron chi connectivity index (χ1n) is 6.01. The van der Waals surface area contributed by atoms with Crippen LogP contribution in [0.5, 0.6) is 0 Å². The maximum absolute atomic E-state index is 10.5. The molecule has 2 N–H and O–H groups in total. The number of nitrogens with zero attached hydrogens (tertiary/aromatic N) is 2. The topological polar surface area (TPSA) is 84.3 Å². The van der Waals surface area contributed by atoms with E-state index in [1.165, 1.54) is 0 Å². The first-order valence-corrected chi connectivity index (χ1v) is 6.01. The van der Waals surface area contributed by atoms with E-state index in [9.17, 15) is 5.11 Å². The van der Waals surface area contributed by atoms with Crippen molar-refractivity contribution in [1.29, 1.82) is 0 Å². The van der Waals surface area contributed by atoms with Crippen LogP contribution in [0.1, 0.15) is 24.3 Å². The standard InChI is InChI=1S/C12H15N3O3/c1-8-2-7-17-9(8)10-14-11(18-15-10)12(16)3-5-13-6-4-12/h2,7,13,16H,3-6H2,1H3. The maximum atomic E-state index is 10.5. The molecule has 96 valence electrons. The fraction of sp³-hybridized carbons (Fsp3) is 0.500. The molecule has 3 rings (SSSR count). The smallest absolute Gasteiger partial charge is 0.259 e. The van der Waals surface area contributed by atoms with Gasteiger partial charge in [-0.3, -0.25) is 0 Å². The van der Waals surface area contributed by atoms with Crippen LogP contribution in [0.15, 0.2) is 21.3 Å². The maximum Gasteiger partial charge on any atom is 0.259 e. The molecular formula is C12H15N3O3. The minimum Gasteiger partial charge on any atom is -0.461 e. The fourth-order valence-corrected chi connectivity index (χ4v) is 2.16. The zero-order valence-corrected chi connectivity index (χ0v) is 10.1. The van der Waals surface area contributed by atoms with Crippen molar-refractivity contribution in [3.8, 4) is 11.6 Å². The Morgan fingerprint density at radius 3 is 2.83 bits per heavy atom. The third-order valence-corrected chi connectivity index (χ3v) is 3.32. The summed E-state index contributed by atoms with van der Waals surface area (Å²) in [6, 6.07) is 1.84. The van der Waals surface area contributed by atoms with Crippen molar-refractivity contribution >= 4 is 0 Å². The van der Waals surface area contributed by atoms with Crippen molar-refractivity contribution < 1.29 is 14.0 Å². The first kappa shape index (κ1) is 11.4. The third-order valence-electron chi connectivity index (χ3n) is 3.32. The Labute approximate surface area is 104 Å². The molecule has 3 heterocycles. The molecule has 18 heavy (non-hydrogen) atoms. The summed E-state index contributed by atoms with van der Waals surface area (Å²) in [7, 11) is 0. The lowest BCUT2D eigenvalue weighted by atomic mass is 9.92. The number of aromatic nitrogens is 2. The molecule has 0 spiro atoms. The highest BCUT2D eigenvalue weighted by atomic mass is 16.5. The van der Waals surface area contributed by atoms with Gasteiger partial charge in [-0.1, -0.05) is 5.16 Å². The Balaban J connectivity index is 1.92. The van der Waals surface area contributed by atoms with Crippen LogP contribution in [0, 0.1) is 6.92 Å². The lowest BCUT2D eigenvalue weighted by Crippen LogP contribution is -2.39. The first-order chi connectivity index (χ1) is 8.69. The van der Waals surface area contributed by atoms with Crippen LogP contribution in [0.3, 0.4) is 0 Å². The summed E-state index contributed by atoms with van der Waals surface area (Å²) in [6.07, 6.45) is 2.73. The highest BCUT2D eigenvalue weighted by Crippen LogP contribution is 2.31. The molecule has 2 aromatic heterocycles. The van der Waals surface area contributed by atoms with Gasteiger partial charge in [0, 0.05) is 0 Å². The molecule has 0 atom stereocenters. The number of aliphatic hydroxyl groups is 1. The van der Waals surface area contributed by atoms with Crippen LogP contribution in [0.4, 0.5) is 0 Å². The van der Waals surface area contributed by atoms with Crippen LogP contribution in [-0.2, 0) is 5.60 Å². The largest absolute Gasteiger partial charge is 0.461 e. The average molecular weight is 249 g/mol. The van der Waals surface area contributed by atoms with E-state index in [0.717, 1.165) is 18.7 Å². The van der Waals surface area contributed by atoms with Gasteiger partial charge < -0.3 is 19.4 Å². The molecule has 1 aliphatic heterocycles. The predicted molar refractivity (Wildman–Crippen MR) is 62.7 cm³/mol. The van der Waals surface area contributed by atoms with Crippen molar-refractivity contribution in [2.75, 3.05) is 13.1 Å². The second-order valence-electron chi connectivity index (χ2n) is 4.64. The lowest BCUT2D eigenvalue weighted by molar-refractivity contribution is -0.0228. The van der Waals surface area contributed by atoms with Gasteiger partial charge in [-0.2, -0.15) is 4.98 Å². The Kier molecular flexibility index (Phi) is 2.68. The number of aryl methyl sites for hydroxylation is 1. The SMILES string of the molecule is Cc1ccoc1-c1noc(C2(O)CCNCC2)n1. The Morgan fingerprint density at radius 1 is 1.39 bits per heavy atom. The summed E-state index contributed by atoms with van der Waals surface area (Å²) in [5.74, 6) is 1.25. The molecular weight excluding hydrogens is 234 g/mol. The van der Waals surface area contributed by atoms with Gasteiger partial charge in [-0.05, 0) is 44.5 Å². The third kappa shape index (κ3) is 1.83. The van der Waals surface area contributed by atoms with Crippen molar-refractivity contribution in [2.24, 2.45) is 0 Å². The highest BCUT2D eigenvalue weighted by molar-refractivity contribution is 5.51. The van der Waals surface area contributed by atoms with Gasteiger partial charge in [0.25, 0.3) is 5.89 Å². The molecule has 0 saturated carbocycles. The van der Waals surface area contributed by atoms with E-state index in [-0.39, 0.29) is 5.89 Å². The zero-order chi connectivity index (χ0) is 12.6. The minimum absolute atomic E-state index is 0.273. The molecule has 0 bridgehead atoms. The number of rotatable bonds is 2. The molecule has 1 fully saturated rings. The van der Waals surface area contributed by atoms with Crippen molar-refractivity contribution in [1.82, 2.24) is 15.5 Å². The molecule has 6 nitrogen and oxygen atoms in total. The Hall–Kier alpha value is -1.66. The zero-order valence-electron chi connectivity index (χ0n) is 10.1. The predicted octanol–water partition coefficient (Wildman–Crippen LogP) is 1.21. The van der Waals surface area contributed by atoms with Gasteiger partial charge >= 0.3 is 0 Å². The highest BCUT2D eigenvalue weighted by Gasteiger charge is 2.37. The lowest BCUT2D eigenvalue weighted by Gasteiger charge is -2.28. The molecule has 1 aliphatic rings. The summed E-state index contributed by atoms with van der Waals surface area (Å²) < 4.78 is 10.5. The number of hydrogen-bond acceptors (Lipinski definition) is 6. The number of nitrogens with one attached hydrogen (secondary N) is 1. The molecule has 6 heteroatoms. The monoisotopic (exact) mass is 249 g/mol. The summed E-state index contributed by atoms with van der Waals surface area (Å²) in [5.41, 5.74) is -0.0727. The summed E-state index contributed by atoms with van der Waals surface area (Å²) >= 11 is 0. The Morgan fingerprint density at radius 2 is 2.17 bits per heavy atom. The number of piperidine rings is 1. The molecule has 0 aliphatic carbocycles. The van der Waals surface area contributed by atoms with Crippen molar-refractivity contribution in [3.05, 3.63) is 23.8 Å². The van der Waals surface area contributed by atoms with Gasteiger partial charge in [0.15, 0.2) is 5.76 Å². The van der Waals surface area contributed by atoms with E-state index in [1.807, 2.05) is 13.0 Å². The average Bonchev–Trinajstić information content (AvgIpc) is 2.98. The van der Waals surface area contributed by atoms with Crippen LogP contribution in [0.25, 0.3) is 11.6 Å². The van der Waals surface area contributed by atoms with Gasteiger partial charge in [0.2, 0.25) is 5.82 Å². The van der Waals surface area contributed by atoms with Crippen LogP contribution in [0.2, 0.25) is 0 Å². The van der Waals surface area contributed by atoms with E-state index >= 15 is 0 Å². The molecule has 0 unspecified atom stereocenters. The van der Waals surface area contributed by atoms with Crippen molar-refractivity contribution in [3.63, 3.8) is 0 Å². The molecule has 0 radical (unpaired) electrons. The molecule has 0 aromatic carbocycles. The molecule has 1 saturated heterocycles. The summed E-state index contributed by atoms with van der Waals surface area (Å²) in [4.78, 5) is 4.26. The number of hydrogen-bond donors (Lipinski definition) is 2. The normalized spacial score (nSPS) is 19.0. The van der Waals surface area contributed by atoms with Gasteiger partial charge in [-0.25, -0.2) is 0 Å². The van der Waals surface area contributed by atoms with E-state index in [4.69, 9.17) is 8.94 Å². The Bertz CT molecular complexity index is 540. The van der Waals surface area contributed by atoms with Gasteiger partial charge in [-0.15, -0.1) is 0 Å². The fourth-order valence-electron chi connectivity index (χ4n) is 2.16. The second kappa shape index (κ2) is 4.22. The van der Waals surface area contributed by atoms with Crippen molar-refractivity contribution in [2.45, 2.75) is 25.4 Å². The van der Waals surface area contributed by atoms with Crippen LogP contribution >= 0.6 is 0 Å². The molecule has 0 amide bonds. The minimum atomic E-state index is -1.02. The summed E-state index contributed by atoms with van der Waals surface area (Å²) in [5, 5.41) is 17.5. The van der Waals surface area contributed by atoms with Gasteiger partial charge in [0.1, 0.15) is 5.60 Å². The second-order valence-corrected chi connectivity index (χ2v) is 4.64. The van der Waals surface area contributed by atoms with Crippen LogP contribution < -0.4 is 5.32 Å². The van der Waals surface area contributed by atoms with E-state index in [2.05, 4.69) is 15.5 Å². The van der Waals surface area contributed by atoms with Gasteiger partial charge in [0.05, 0.1) is 6.26 Å².